The molecule has 3 heteroatoms. The first kappa shape index (κ1) is 15.7. The number of rotatable bonds is 6. The lowest BCUT2D eigenvalue weighted by Crippen LogP contribution is -2.31. The largest absolute Gasteiger partial charge is 0.494 e. The van der Waals surface area contributed by atoms with E-state index in [1.165, 1.54) is 50.1 Å². The molecule has 0 bridgehead atoms. The number of hydrogen-bond acceptors (Lipinski definition) is 3. The summed E-state index contributed by atoms with van der Waals surface area (Å²) >= 11 is 0. The molecule has 0 saturated carbocycles. The maximum absolute atomic E-state index is 5.97. The van der Waals surface area contributed by atoms with E-state index in [1.54, 1.807) is 0 Å². The number of nitrogens with zero attached hydrogens (tertiary/aromatic N) is 2. The number of likely N-dealkylation sites (tertiary alicyclic amines) is 1. The topological polar surface area (TPSA) is 15.7 Å². The number of benzene rings is 1. The van der Waals surface area contributed by atoms with Crippen LogP contribution in [0.25, 0.3) is 0 Å². The van der Waals surface area contributed by atoms with Gasteiger partial charge in [-0.3, -0.25) is 0 Å². The standard InChI is InChI=1S/C19H30N2O/c1-16(2)21-13-9-17-15-18(7-8-19(17)21)22-14-6-12-20-10-4-3-5-11-20/h7-8,15-16H,3-6,9-14H2,1-2H3. The van der Waals surface area contributed by atoms with Crippen LogP contribution in [0.3, 0.4) is 0 Å². The van der Waals surface area contributed by atoms with Crippen molar-refractivity contribution in [3.05, 3.63) is 23.8 Å². The minimum atomic E-state index is 0.581. The zero-order valence-electron chi connectivity index (χ0n) is 14.2. The molecule has 3 rings (SSSR count). The molecule has 22 heavy (non-hydrogen) atoms. The zero-order chi connectivity index (χ0) is 15.4. The van der Waals surface area contributed by atoms with Crippen molar-refractivity contribution < 1.29 is 4.74 Å². The van der Waals surface area contributed by atoms with Crippen molar-refractivity contribution in [1.29, 1.82) is 0 Å². The Balaban J connectivity index is 1.45. The summed E-state index contributed by atoms with van der Waals surface area (Å²) in [6.45, 7) is 10.3. The molecule has 1 fully saturated rings. The Morgan fingerprint density at radius 3 is 2.68 bits per heavy atom. The molecular weight excluding hydrogens is 272 g/mol. The molecule has 0 amide bonds. The van der Waals surface area contributed by atoms with E-state index >= 15 is 0 Å². The summed E-state index contributed by atoms with van der Waals surface area (Å²) in [4.78, 5) is 5.06. The van der Waals surface area contributed by atoms with Crippen LogP contribution in [0, 0.1) is 0 Å². The van der Waals surface area contributed by atoms with Gasteiger partial charge in [-0.25, -0.2) is 0 Å². The van der Waals surface area contributed by atoms with E-state index in [4.69, 9.17) is 4.74 Å². The Bertz CT molecular complexity index is 480. The minimum absolute atomic E-state index is 0.581. The minimum Gasteiger partial charge on any atom is -0.494 e. The second kappa shape index (κ2) is 7.36. The van der Waals surface area contributed by atoms with Crippen LogP contribution in [0.1, 0.15) is 45.1 Å². The van der Waals surface area contributed by atoms with Gasteiger partial charge in [0.1, 0.15) is 5.75 Å². The van der Waals surface area contributed by atoms with Crippen LogP contribution in [-0.2, 0) is 6.42 Å². The van der Waals surface area contributed by atoms with Crippen LogP contribution < -0.4 is 9.64 Å². The monoisotopic (exact) mass is 302 g/mol. The molecule has 0 spiro atoms. The molecule has 0 unspecified atom stereocenters. The van der Waals surface area contributed by atoms with Crippen molar-refractivity contribution in [2.24, 2.45) is 0 Å². The fraction of sp³-hybridized carbons (Fsp3) is 0.684. The second-order valence-corrected chi connectivity index (χ2v) is 6.93. The van der Waals surface area contributed by atoms with Gasteiger partial charge in [0, 0.05) is 24.8 Å². The molecule has 1 aromatic rings. The summed E-state index contributed by atoms with van der Waals surface area (Å²) in [5, 5.41) is 0. The maximum atomic E-state index is 5.97. The van der Waals surface area contributed by atoms with Crippen molar-refractivity contribution in [2.45, 2.75) is 52.0 Å². The van der Waals surface area contributed by atoms with Gasteiger partial charge >= 0.3 is 0 Å². The lowest BCUT2D eigenvalue weighted by Gasteiger charge is -2.26. The van der Waals surface area contributed by atoms with Gasteiger partial charge < -0.3 is 14.5 Å². The Labute approximate surface area is 135 Å². The molecule has 122 valence electrons. The summed E-state index contributed by atoms with van der Waals surface area (Å²) in [6, 6.07) is 7.21. The number of hydrogen-bond donors (Lipinski definition) is 0. The summed E-state index contributed by atoms with van der Waals surface area (Å²) in [5.74, 6) is 1.04. The van der Waals surface area contributed by atoms with E-state index in [0.29, 0.717) is 6.04 Å². The van der Waals surface area contributed by atoms with E-state index in [-0.39, 0.29) is 0 Å². The smallest absolute Gasteiger partial charge is 0.119 e. The van der Waals surface area contributed by atoms with Gasteiger partial charge in [0.15, 0.2) is 0 Å². The molecule has 0 atom stereocenters. The second-order valence-electron chi connectivity index (χ2n) is 6.93. The summed E-state index contributed by atoms with van der Waals surface area (Å²) in [6.07, 6.45) is 6.44. The van der Waals surface area contributed by atoms with Crippen molar-refractivity contribution in [3.63, 3.8) is 0 Å². The van der Waals surface area contributed by atoms with Crippen molar-refractivity contribution in [1.82, 2.24) is 4.90 Å². The fourth-order valence-electron chi connectivity index (χ4n) is 3.69. The molecule has 2 aliphatic heterocycles. The predicted molar refractivity (Wildman–Crippen MR) is 93.0 cm³/mol. The predicted octanol–water partition coefficient (Wildman–Crippen LogP) is 3.71. The molecule has 0 N–H and O–H groups in total. The van der Waals surface area contributed by atoms with E-state index < -0.39 is 0 Å². The third-order valence-corrected chi connectivity index (χ3v) is 4.94. The van der Waals surface area contributed by atoms with Crippen molar-refractivity contribution >= 4 is 5.69 Å². The lowest BCUT2D eigenvalue weighted by molar-refractivity contribution is 0.205. The number of fused-ring (bicyclic) bond motifs is 1. The third kappa shape index (κ3) is 3.75. The molecular formula is C19H30N2O. The van der Waals surface area contributed by atoms with E-state index in [9.17, 15) is 0 Å². The summed E-state index contributed by atoms with van der Waals surface area (Å²) < 4.78 is 5.97. The summed E-state index contributed by atoms with van der Waals surface area (Å²) in [5.41, 5.74) is 2.85. The van der Waals surface area contributed by atoms with Gasteiger partial charge in [0.25, 0.3) is 0 Å². The number of piperidine rings is 1. The highest BCUT2D eigenvalue weighted by molar-refractivity contribution is 5.60. The van der Waals surface area contributed by atoms with Crippen LogP contribution in [0.2, 0.25) is 0 Å². The van der Waals surface area contributed by atoms with Gasteiger partial charge in [-0.1, -0.05) is 6.42 Å². The molecule has 2 heterocycles. The van der Waals surface area contributed by atoms with Gasteiger partial charge in [-0.2, -0.15) is 0 Å². The number of ether oxygens (including phenoxy) is 1. The molecule has 0 aromatic heterocycles. The van der Waals surface area contributed by atoms with Gasteiger partial charge in [-0.15, -0.1) is 0 Å². The Kier molecular flexibility index (Phi) is 5.24. The van der Waals surface area contributed by atoms with Crippen molar-refractivity contribution in [3.8, 4) is 5.75 Å². The molecule has 0 radical (unpaired) electrons. The quantitative estimate of drug-likeness (QED) is 0.745. The highest BCUT2D eigenvalue weighted by Gasteiger charge is 2.21. The van der Waals surface area contributed by atoms with Gasteiger partial charge in [0.05, 0.1) is 6.61 Å². The SMILES string of the molecule is CC(C)N1CCc2cc(OCCCN3CCCCC3)ccc21. The van der Waals surface area contributed by atoms with Crippen LogP contribution in [-0.4, -0.2) is 43.7 Å². The first-order chi connectivity index (χ1) is 10.7. The first-order valence-corrected chi connectivity index (χ1v) is 8.99. The normalized spacial score (nSPS) is 18.8. The number of anilines is 1. The molecule has 0 aliphatic carbocycles. The Morgan fingerprint density at radius 1 is 1.09 bits per heavy atom. The van der Waals surface area contributed by atoms with E-state index in [0.717, 1.165) is 31.7 Å². The van der Waals surface area contributed by atoms with Gasteiger partial charge in [-0.05, 0) is 76.4 Å². The average molecular weight is 302 g/mol. The van der Waals surface area contributed by atoms with E-state index in [1.807, 2.05) is 0 Å². The van der Waals surface area contributed by atoms with Gasteiger partial charge in [0.2, 0.25) is 0 Å². The molecule has 3 nitrogen and oxygen atoms in total. The summed E-state index contributed by atoms with van der Waals surface area (Å²) in [7, 11) is 0. The van der Waals surface area contributed by atoms with Crippen LogP contribution in [0.4, 0.5) is 5.69 Å². The molecule has 1 saturated heterocycles. The maximum Gasteiger partial charge on any atom is 0.119 e. The van der Waals surface area contributed by atoms with Crippen LogP contribution >= 0.6 is 0 Å². The zero-order valence-corrected chi connectivity index (χ0v) is 14.2. The lowest BCUT2D eigenvalue weighted by atomic mass is 10.1. The molecule has 2 aliphatic rings. The third-order valence-electron chi connectivity index (χ3n) is 4.94. The highest BCUT2D eigenvalue weighted by atomic mass is 16.5. The Morgan fingerprint density at radius 2 is 1.91 bits per heavy atom. The van der Waals surface area contributed by atoms with E-state index in [2.05, 4.69) is 41.8 Å². The highest BCUT2D eigenvalue weighted by Crippen LogP contribution is 2.32. The van der Waals surface area contributed by atoms with Crippen LogP contribution in [0.15, 0.2) is 18.2 Å². The fourth-order valence-corrected chi connectivity index (χ4v) is 3.69. The molecule has 1 aromatic carbocycles. The first-order valence-electron chi connectivity index (χ1n) is 8.99. The average Bonchev–Trinajstić information content (AvgIpc) is 2.96. The van der Waals surface area contributed by atoms with Crippen LogP contribution in [0.5, 0.6) is 5.75 Å². The van der Waals surface area contributed by atoms with Crippen molar-refractivity contribution in [2.75, 3.05) is 37.7 Å². The Hall–Kier alpha value is -1.22.